The van der Waals surface area contributed by atoms with Crippen molar-refractivity contribution in [3.05, 3.63) is 0 Å². The highest BCUT2D eigenvalue weighted by Gasteiger charge is 1.89. The fourth-order valence-electron chi connectivity index (χ4n) is 1.33. The standard InChI is InChI=1S/C11H25NO/c1-3-4-5-6-7-8-9-12-10-11-13-2/h12H,3-11H2,1-2H3. The van der Waals surface area contributed by atoms with Crippen molar-refractivity contribution in [2.75, 3.05) is 26.8 Å². The van der Waals surface area contributed by atoms with Crippen molar-refractivity contribution >= 4 is 0 Å². The van der Waals surface area contributed by atoms with Gasteiger partial charge < -0.3 is 10.1 Å². The van der Waals surface area contributed by atoms with Gasteiger partial charge in [-0.15, -0.1) is 0 Å². The molecule has 0 amide bonds. The fraction of sp³-hybridized carbons (Fsp3) is 1.00. The lowest BCUT2D eigenvalue weighted by molar-refractivity contribution is 0.199. The van der Waals surface area contributed by atoms with Gasteiger partial charge in [0.25, 0.3) is 0 Å². The van der Waals surface area contributed by atoms with Crippen molar-refractivity contribution in [2.45, 2.75) is 45.4 Å². The molecule has 0 atom stereocenters. The summed E-state index contributed by atoms with van der Waals surface area (Å²) in [7, 11) is 1.74. The van der Waals surface area contributed by atoms with Gasteiger partial charge in [0.05, 0.1) is 6.61 Å². The highest BCUT2D eigenvalue weighted by Crippen LogP contribution is 2.03. The Labute approximate surface area is 83.1 Å². The van der Waals surface area contributed by atoms with E-state index in [2.05, 4.69) is 12.2 Å². The number of hydrogen-bond donors (Lipinski definition) is 1. The van der Waals surface area contributed by atoms with Crippen molar-refractivity contribution in [1.29, 1.82) is 0 Å². The van der Waals surface area contributed by atoms with E-state index in [1.54, 1.807) is 7.11 Å². The molecule has 0 aromatic heterocycles. The minimum Gasteiger partial charge on any atom is -0.383 e. The van der Waals surface area contributed by atoms with E-state index < -0.39 is 0 Å². The number of ether oxygens (including phenoxy) is 1. The van der Waals surface area contributed by atoms with Crippen molar-refractivity contribution in [1.82, 2.24) is 5.32 Å². The van der Waals surface area contributed by atoms with Gasteiger partial charge in [0.15, 0.2) is 0 Å². The predicted molar refractivity (Wildman–Crippen MR) is 58.1 cm³/mol. The van der Waals surface area contributed by atoms with Crippen LogP contribution in [-0.4, -0.2) is 26.8 Å². The van der Waals surface area contributed by atoms with Crippen molar-refractivity contribution < 1.29 is 4.74 Å². The molecule has 0 saturated carbocycles. The Hall–Kier alpha value is -0.0800. The molecule has 0 aromatic rings. The smallest absolute Gasteiger partial charge is 0.0587 e. The van der Waals surface area contributed by atoms with Gasteiger partial charge in [-0.05, 0) is 13.0 Å². The minimum absolute atomic E-state index is 0.829. The molecule has 0 aliphatic heterocycles. The van der Waals surface area contributed by atoms with Crippen LogP contribution < -0.4 is 5.32 Å². The second kappa shape index (κ2) is 11.9. The molecule has 2 heteroatoms. The van der Waals surface area contributed by atoms with E-state index >= 15 is 0 Å². The zero-order chi connectivity index (χ0) is 9.78. The molecule has 1 N–H and O–H groups in total. The first-order valence-electron chi connectivity index (χ1n) is 5.61. The van der Waals surface area contributed by atoms with Gasteiger partial charge in [-0.2, -0.15) is 0 Å². The first kappa shape index (κ1) is 12.9. The maximum absolute atomic E-state index is 4.94. The minimum atomic E-state index is 0.829. The van der Waals surface area contributed by atoms with Crippen LogP contribution in [-0.2, 0) is 4.74 Å². The van der Waals surface area contributed by atoms with Gasteiger partial charge in [0.2, 0.25) is 0 Å². The predicted octanol–water partition coefficient (Wildman–Crippen LogP) is 2.58. The van der Waals surface area contributed by atoms with Crippen LogP contribution in [0.1, 0.15) is 45.4 Å². The van der Waals surface area contributed by atoms with Crippen molar-refractivity contribution in [3.63, 3.8) is 0 Å². The van der Waals surface area contributed by atoms with Crippen LogP contribution in [0.4, 0.5) is 0 Å². The first-order valence-corrected chi connectivity index (χ1v) is 5.61. The molecule has 80 valence electrons. The van der Waals surface area contributed by atoms with E-state index in [1.807, 2.05) is 0 Å². The lowest BCUT2D eigenvalue weighted by Crippen LogP contribution is -2.20. The second-order valence-electron chi connectivity index (χ2n) is 3.51. The number of methoxy groups -OCH3 is 1. The molecule has 0 heterocycles. The summed E-state index contributed by atoms with van der Waals surface area (Å²) in [5.74, 6) is 0. The lowest BCUT2D eigenvalue weighted by Gasteiger charge is -2.03. The maximum atomic E-state index is 4.94. The molecular formula is C11H25NO. The molecule has 0 aliphatic carbocycles. The number of rotatable bonds is 10. The maximum Gasteiger partial charge on any atom is 0.0587 e. The lowest BCUT2D eigenvalue weighted by atomic mass is 10.1. The number of hydrogen-bond acceptors (Lipinski definition) is 2. The summed E-state index contributed by atoms with van der Waals surface area (Å²) in [5, 5.41) is 3.35. The zero-order valence-corrected chi connectivity index (χ0v) is 9.27. The number of nitrogens with one attached hydrogen (secondary N) is 1. The Kier molecular flexibility index (Phi) is 11.8. The molecule has 0 rings (SSSR count). The van der Waals surface area contributed by atoms with Gasteiger partial charge in [-0.3, -0.25) is 0 Å². The van der Waals surface area contributed by atoms with Crippen molar-refractivity contribution in [3.8, 4) is 0 Å². The van der Waals surface area contributed by atoms with Gasteiger partial charge in [-0.1, -0.05) is 39.0 Å². The van der Waals surface area contributed by atoms with E-state index in [-0.39, 0.29) is 0 Å². The topological polar surface area (TPSA) is 21.3 Å². The highest BCUT2D eigenvalue weighted by atomic mass is 16.5. The zero-order valence-electron chi connectivity index (χ0n) is 9.27. The molecule has 2 nitrogen and oxygen atoms in total. The van der Waals surface area contributed by atoms with E-state index in [1.165, 1.54) is 38.5 Å². The SMILES string of the molecule is CCCCCCCCNCCOC. The molecular weight excluding hydrogens is 162 g/mol. The Balaban J connectivity index is 2.76. The van der Waals surface area contributed by atoms with Crippen molar-refractivity contribution in [2.24, 2.45) is 0 Å². The Bertz CT molecular complexity index is 76.2. The molecule has 0 radical (unpaired) electrons. The molecule has 0 aromatic carbocycles. The monoisotopic (exact) mass is 187 g/mol. The molecule has 13 heavy (non-hydrogen) atoms. The molecule has 0 spiro atoms. The van der Waals surface area contributed by atoms with Gasteiger partial charge in [0.1, 0.15) is 0 Å². The molecule has 0 unspecified atom stereocenters. The summed E-state index contributed by atoms with van der Waals surface area (Å²) < 4.78 is 4.94. The summed E-state index contributed by atoms with van der Waals surface area (Å²) in [6.07, 6.45) is 8.24. The third-order valence-corrected chi connectivity index (χ3v) is 2.19. The number of unbranched alkanes of at least 4 members (excludes halogenated alkanes) is 5. The molecule has 0 fully saturated rings. The third-order valence-electron chi connectivity index (χ3n) is 2.19. The van der Waals surface area contributed by atoms with Crippen LogP contribution in [0.25, 0.3) is 0 Å². The van der Waals surface area contributed by atoms with Crippen LogP contribution in [0.5, 0.6) is 0 Å². The normalized spacial score (nSPS) is 10.6. The van der Waals surface area contributed by atoms with Gasteiger partial charge in [-0.25, -0.2) is 0 Å². The fourth-order valence-corrected chi connectivity index (χ4v) is 1.33. The molecule has 0 saturated heterocycles. The van der Waals surface area contributed by atoms with Gasteiger partial charge in [0, 0.05) is 13.7 Å². The van der Waals surface area contributed by atoms with Crippen LogP contribution in [0.2, 0.25) is 0 Å². The molecule has 0 bridgehead atoms. The second-order valence-corrected chi connectivity index (χ2v) is 3.51. The van der Waals surface area contributed by atoms with Crippen LogP contribution in [0.15, 0.2) is 0 Å². The van der Waals surface area contributed by atoms with E-state index in [9.17, 15) is 0 Å². The van der Waals surface area contributed by atoms with Crippen LogP contribution in [0, 0.1) is 0 Å². The Morgan fingerprint density at radius 3 is 2.31 bits per heavy atom. The van der Waals surface area contributed by atoms with Gasteiger partial charge >= 0.3 is 0 Å². The average molecular weight is 187 g/mol. The van der Waals surface area contributed by atoms with E-state index in [4.69, 9.17) is 4.74 Å². The largest absolute Gasteiger partial charge is 0.383 e. The van der Waals surface area contributed by atoms with E-state index in [0.717, 1.165) is 19.7 Å². The average Bonchev–Trinajstić information content (AvgIpc) is 2.16. The third kappa shape index (κ3) is 11.9. The molecule has 0 aliphatic rings. The summed E-state index contributed by atoms with van der Waals surface area (Å²) in [6.45, 7) is 5.23. The summed E-state index contributed by atoms with van der Waals surface area (Å²) in [4.78, 5) is 0. The summed E-state index contributed by atoms with van der Waals surface area (Å²) in [5.41, 5.74) is 0. The first-order chi connectivity index (χ1) is 6.41. The quantitative estimate of drug-likeness (QED) is 0.531. The summed E-state index contributed by atoms with van der Waals surface area (Å²) >= 11 is 0. The van der Waals surface area contributed by atoms with E-state index in [0.29, 0.717) is 0 Å². The Morgan fingerprint density at radius 1 is 0.923 bits per heavy atom. The highest BCUT2D eigenvalue weighted by molar-refractivity contribution is 4.48. The van der Waals surface area contributed by atoms with Crippen LogP contribution in [0.3, 0.4) is 0 Å². The Morgan fingerprint density at radius 2 is 1.62 bits per heavy atom. The van der Waals surface area contributed by atoms with Crippen LogP contribution >= 0.6 is 0 Å². The summed E-state index contributed by atoms with van der Waals surface area (Å²) in [6, 6.07) is 0.